The Hall–Kier alpha value is -1.17. The molecule has 3 N–H and O–H groups in total. The highest BCUT2D eigenvalue weighted by atomic mass is 16.5. The summed E-state index contributed by atoms with van der Waals surface area (Å²) in [7, 11) is 0. The molecule has 0 unspecified atom stereocenters. The van der Waals surface area contributed by atoms with E-state index in [1.165, 1.54) is 5.57 Å². The van der Waals surface area contributed by atoms with Crippen LogP contribution in [0.4, 0.5) is 0 Å². The Labute approximate surface area is 166 Å². The summed E-state index contributed by atoms with van der Waals surface area (Å²) in [5.41, 5.74) is 0.977. The van der Waals surface area contributed by atoms with Gasteiger partial charge in [-0.2, -0.15) is 0 Å². The second-order valence-electron chi connectivity index (χ2n) is 10.2. The summed E-state index contributed by atoms with van der Waals surface area (Å²) < 4.78 is 5.18. The Morgan fingerprint density at radius 3 is 2.68 bits per heavy atom. The van der Waals surface area contributed by atoms with Crippen LogP contribution >= 0.6 is 0 Å². The van der Waals surface area contributed by atoms with Gasteiger partial charge in [-0.05, 0) is 74.7 Å². The molecule has 154 valence electrons. The van der Waals surface area contributed by atoms with Gasteiger partial charge >= 0.3 is 5.97 Å². The third-order valence-corrected chi connectivity index (χ3v) is 9.41. The molecule has 1 heterocycles. The summed E-state index contributed by atoms with van der Waals surface area (Å²) in [6.45, 7) is 2.69. The summed E-state index contributed by atoms with van der Waals surface area (Å²) >= 11 is 0. The molecule has 5 nitrogen and oxygen atoms in total. The van der Waals surface area contributed by atoms with Crippen molar-refractivity contribution in [2.75, 3.05) is 13.2 Å². The number of cyclic esters (lactones) is 1. The highest BCUT2D eigenvalue weighted by molar-refractivity contribution is 5.85. The van der Waals surface area contributed by atoms with E-state index in [1.807, 2.05) is 6.08 Å². The van der Waals surface area contributed by atoms with Gasteiger partial charge in [-0.1, -0.05) is 18.6 Å². The van der Waals surface area contributed by atoms with Crippen molar-refractivity contribution in [1.82, 2.24) is 0 Å². The van der Waals surface area contributed by atoms with Crippen molar-refractivity contribution < 1.29 is 24.9 Å². The van der Waals surface area contributed by atoms with Gasteiger partial charge in [0, 0.05) is 16.9 Å². The Kier molecular flexibility index (Phi) is 4.15. The van der Waals surface area contributed by atoms with Crippen molar-refractivity contribution in [3.8, 4) is 0 Å². The minimum absolute atomic E-state index is 0.108. The van der Waals surface area contributed by atoms with Gasteiger partial charge in [0.25, 0.3) is 0 Å². The van der Waals surface area contributed by atoms with Crippen LogP contribution in [0.1, 0.15) is 58.3 Å². The Morgan fingerprint density at radius 1 is 1.14 bits per heavy atom. The molecule has 0 radical (unpaired) electrons. The van der Waals surface area contributed by atoms with Crippen LogP contribution in [0.25, 0.3) is 0 Å². The minimum atomic E-state index is -0.767. The quantitative estimate of drug-likeness (QED) is 0.500. The average Bonchev–Trinajstić information content (AvgIpc) is 3.22. The van der Waals surface area contributed by atoms with Crippen LogP contribution in [0.3, 0.4) is 0 Å². The number of hydrogen-bond acceptors (Lipinski definition) is 5. The van der Waals surface area contributed by atoms with E-state index in [0.29, 0.717) is 13.0 Å². The molecule has 5 aliphatic rings. The van der Waals surface area contributed by atoms with Gasteiger partial charge in [-0.25, -0.2) is 4.79 Å². The van der Waals surface area contributed by atoms with Gasteiger partial charge < -0.3 is 20.1 Å². The summed E-state index contributed by atoms with van der Waals surface area (Å²) in [6, 6.07) is 0. The molecule has 0 aromatic heterocycles. The van der Waals surface area contributed by atoms with Gasteiger partial charge in [-0.3, -0.25) is 0 Å². The maximum Gasteiger partial charge on any atom is 0.331 e. The van der Waals surface area contributed by atoms with E-state index in [9.17, 15) is 20.1 Å². The predicted molar refractivity (Wildman–Crippen MR) is 103 cm³/mol. The van der Waals surface area contributed by atoms with Crippen molar-refractivity contribution in [2.45, 2.75) is 70.0 Å². The Bertz CT molecular complexity index is 756. The molecule has 5 heteroatoms. The van der Waals surface area contributed by atoms with E-state index in [2.05, 4.69) is 6.92 Å². The van der Waals surface area contributed by atoms with Gasteiger partial charge in [-0.15, -0.1) is 0 Å². The number of carbonyl (C=O) groups excluding carboxylic acids is 1. The highest BCUT2D eigenvalue weighted by Gasteiger charge is 2.67. The molecule has 0 spiro atoms. The molecule has 0 aromatic rings. The molecule has 1 aliphatic heterocycles. The molecule has 7 atom stereocenters. The third kappa shape index (κ3) is 2.27. The lowest BCUT2D eigenvalue weighted by molar-refractivity contribution is -0.188. The fourth-order valence-electron chi connectivity index (χ4n) is 7.96. The number of aliphatic hydroxyl groups excluding tert-OH is 2. The van der Waals surface area contributed by atoms with Gasteiger partial charge in [0.05, 0.1) is 18.3 Å². The fraction of sp³-hybridized carbons (Fsp3) is 0.783. The molecule has 0 aromatic carbocycles. The zero-order valence-electron chi connectivity index (χ0n) is 16.7. The lowest BCUT2D eigenvalue weighted by atomic mass is 9.44. The van der Waals surface area contributed by atoms with Crippen LogP contribution in [-0.4, -0.2) is 46.2 Å². The summed E-state index contributed by atoms with van der Waals surface area (Å²) in [5, 5.41) is 32.7. The average molecular weight is 389 g/mol. The molecule has 3 fully saturated rings. The number of carbonyl (C=O) groups is 1. The highest BCUT2D eigenvalue weighted by Crippen LogP contribution is 2.69. The third-order valence-electron chi connectivity index (χ3n) is 9.41. The van der Waals surface area contributed by atoms with Crippen molar-refractivity contribution >= 4 is 5.97 Å². The van der Waals surface area contributed by atoms with Gasteiger partial charge in [0.1, 0.15) is 6.61 Å². The Balaban J connectivity index is 1.51. The molecule has 0 bridgehead atoms. The zero-order valence-corrected chi connectivity index (χ0v) is 16.7. The Morgan fingerprint density at radius 2 is 1.96 bits per heavy atom. The monoisotopic (exact) mass is 388 g/mol. The lowest BCUT2D eigenvalue weighted by Crippen LogP contribution is -2.62. The molecular weight excluding hydrogens is 356 g/mol. The van der Waals surface area contributed by atoms with Crippen molar-refractivity contribution in [2.24, 2.45) is 28.6 Å². The number of hydrogen-bond donors (Lipinski definition) is 3. The second-order valence-corrected chi connectivity index (χ2v) is 10.2. The summed E-state index contributed by atoms with van der Waals surface area (Å²) in [5.74, 6) is 0.363. The maximum absolute atomic E-state index is 12.1. The minimum Gasteiger partial charge on any atom is -0.458 e. The van der Waals surface area contributed by atoms with E-state index in [1.54, 1.807) is 6.08 Å². The number of esters is 1. The zero-order chi connectivity index (χ0) is 19.7. The van der Waals surface area contributed by atoms with E-state index in [-0.39, 0.29) is 41.2 Å². The van der Waals surface area contributed by atoms with Crippen molar-refractivity contribution in [3.05, 3.63) is 23.3 Å². The normalized spacial score (nSPS) is 50.2. The fourth-order valence-corrected chi connectivity index (χ4v) is 7.96. The maximum atomic E-state index is 12.1. The number of aliphatic hydroxyl groups is 3. The predicted octanol–water partition coefficient (Wildman–Crippen LogP) is 2.50. The molecule has 0 amide bonds. The molecule has 0 saturated heterocycles. The van der Waals surface area contributed by atoms with E-state index < -0.39 is 11.7 Å². The van der Waals surface area contributed by atoms with Crippen LogP contribution in [0.5, 0.6) is 0 Å². The second kappa shape index (κ2) is 6.16. The van der Waals surface area contributed by atoms with Crippen molar-refractivity contribution in [1.29, 1.82) is 0 Å². The molecule has 5 rings (SSSR count). The first-order valence-electron chi connectivity index (χ1n) is 10.9. The van der Waals surface area contributed by atoms with Crippen LogP contribution in [0, 0.1) is 28.6 Å². The number of ether oxygens (including phenoxy) is 1. The lowest BCUT2D eigenvalue weighted by Gasteiger charge is -2.62. The smallest absolute Gasteiger partial charge is 0.331 e. The SMILES string of the molecule is C[C@]12CC[C@H]3[C@@H](CCC4=C[C@@H](O)CC[C@@]43CO)[C@]1(O)CC[C@@H]2C1=CC(=O)OC1. The van der Waals surface area contributed by atoms with Crippen LogP contribution in [0.2, 0.25) is 0 Å². The standard InChI is InChI=1S/C23H32O5/c1-21-7-5-18-19(3-2-15-11-16(25)4-8-22(15,18)13-24)23(21,27)9-6-17(21)14-10-20(26)28-12-14/h10-11,16-19,24-25,27H,2-9,12-13H2,1H3/t16-,17+,18-,19+,21+,22+,23+/m0/s1. The number of fused-ring (bicyclic) bond motifs is 5. The van der Waals surface area contributed by atoms with Crippen molar-refractivity contribution in [3.63, 3.8) is 0 Å². The first kappa shape index (κ1) is 18.8. The van der Waals surface area contributed by atoms with E-state index >= 15 is 0 Å². The van der Waals surface area contributed by atoms with E-state index in [4.69, 9.17) is 4.74 Å². The largest absolute Gasteiger partial charge is 0.458 e. The molecule has 28 heavy (non-hydrogen) atoms. The summed E-state index contributed by atoms with van der Waals surface area (Å²) in [6.07, 6.45) is 10.0. The first-order chi connectivity index (χ1) is 13.3. The summed E-state index contributed by atoms with van der Waals surface area (Å²) in [4.78, 5) is 11.6. The molecular formula is C23H32O5. The van der Waals surface area contributed by atoms with E-state index in [0.717, 1.165) is 50.5 Å². The van der Waals surface area contributed by atoms with Crippen LogP contribution in [-0.2, 0) is 9.53 Å². The first-order valence-corrected chi connectivity index (χ1v) is 10.9. The molecule has 3 saturated carbocycles. The topological polar surface area (TPSA) is 87.0 Å². The van der Waals surface area contributed by atoms with Crippen LogP contribution in [0.15, 0.2) is 23.3 Å². The van der Waals surface area contributed by atoms with Crippen LogP contribution < -0.4 is 0 Å². The van der Waals surface area contributed by atoms with Gasteiger partial charge in [0.2, 0.25) is 0 Å². The molecule has 4 aliphatic carbocycles. The van der Waals surface area contributed by atoms with Gasteiger partial charge in [0.15, 0.2) is 0 Å². The number of rotatable bonds is 2.